The van der Waals surface area contributed by atoms with Crippen LogP contribution in [0, 0.1) is 10.1 Å². The number of fused-ring (bicyclic) bond motifs is 4. The van der Waals surface area contributed by atoms with Crippen molar-refractivity contribution in [1.29, 1.82) is 0 Å². The molecule has 8 nitrogen and oxygen atoms in total. The van der Waals surface area contributed by atoms with E-state index in [9.17, 15) is 10.1 Å². The van der Waals surface area contributed by atoms with Gasteiger partial charge in [-0.2, -0.15) is 5.06 Å². The number of hydrogen-bond acceptors (Lipinski definition) is 7. The van der Waals surface area contributed by atoms with Crippen molar-refractivity contribution in [2.24, 2.45) is 0 Å². The number of likely N-dealkylation sites (N-methyl/N-ethyl adjacent to an activating group) is 1. The van der Waals surface area contributed by atoms with E-state index in [1.807, 2.05) is 24.3 Å². The number of hydroxylamine groups is 2. The van der Waals surface area contributed by atoms with Crippen LogP contribution in [0.1, 0.15) is 23.1 Å². The van der Waals surface area contributed by atoms with E-state index in [1.54, 1.807) is 25.2 Å². The summed E-state index contributed by atoms with van der Waals surface area (Å²) in [5.41, 5.74) is -0.345. The fraction of sp³-hybridized carbons (Fsp3) is 0.333. The van der Waals surface area contributed by atoms with Crippen molar-refractivity contribution in [3.63, 3.8) is 0 Å². The Bertz CT molecular complexity index is 903. The molecule has 1 saturated heterocycles. The van der Waals surface area contributed by atoms with Crippen molar-refractivity contribution in [2.45, 2.75) is 17.7 Å². The average molecular weight is 356 g/mol. The zero-order valence-electron chi connectivity index (χ0n) is 14.0. The molecule has 0 spiro atoms. The molecular weight excluding hydrogens is 340 g/mol. The molecule has 26 heavy (non-hydrogen) atoms. The van der Waals surface area contributed by atoms with Crippen LogP contribution in [0.3, 0.4) is 0 Å². The average Bonchev–Trinajstić information content (AvgIpc) is 3.24. The maximum atomic E-state index is 12.2. The van der Waals surface area contributed by atoms with Gasteiger partial charge >= 0.3 is 5.72 Å². The lowest BCUT2D eigenvalue weighted by atomic mass is 9.80. The minimum Gasteiger partial charge on any atom is -0.475 e. The normalized spacial score (nSPS) is 29.0. The van der Waals surface area contributed by atoms with Gasteiger partial charge < -0.3 is 14.2 Å². The molecule has 5 rings (SSSR count). The van der Waals surface area contributed by atoms with Crippen molar-refractivity contribution >= 4 is 0 Å². The number of ether oxygens (including phenoxy) is 3. The highest BCUT2D eigenvalue weighted by Crippen LogP contribution is 2.54. The van der Waals surface area contributed by atoms with Gasteiger partial charge in [0, 0.05) is 24.7 Å². The molecule has 3 aliphatic rings. The molecule has 134 valence electrons. The highest BCUT2D eigenvalue weighted by molar-refractivity contribution is 5.48. The van der Waals surface area contributed by atoms with E-state index >= 15 is 0 Å². The van der Waals surface area contributed by atoms with Gasteiger partial charge in [0.2, 0.25) is 12.9 Å². The topological polar surface area (TPSA) is 83.3 Å². The fourth-order valence-corrected chi connectivity index (χ4v) is 4.02. The molecule has 8 heteroatoms. The maximum absolute atomic E-state index is 12.2. The van der Waals surface area contributed by atoms with E-state index < -0.39 is 17.7 Å². The third-order valence-corrected chi connectivity index (χ3v) is 5.14. The summed E-state index contributed by atoms with van der Waals surface area (Å²) in [7, 11) is 1.70. The Labute approximate surface area is 148 Å². The predicted molar refractivity (Wildman–Crippen MR) is 88.6 cm³/mol. The van der Waals surface area contributed by atoms with E-state index in [2.05, 4.69) is 0 Å². The summed E-state index contributed by atoms with van der Waals surface area (Å²) in [5.74, 6) is 1.34. The molecule has 3 aliphatic heterocycles. The van der Waals surface area contributed by atoms with Crippen LogP contribution in [0.4, 0.5) is 0 Å². The van der Waals surface area contributed by atoms with Crippen LogP contribution in [-0.4, -0.2) is 36.1 Å². The zero-order valence-corrected chi connectivity index (χ0v) is 14.0. The summed E-state index contributed by atoms with van der Waals surface area (Å²) < 4.78 is 16.9. The summed E-state index contributed by atoms with van der Waals surface area (Å²) in [6.07, 6.45) is -0.920. The molecule has 2 aromatic carbocycles. The third-order valence-electron chi connectivity index (χ3n) is 5.14. The largest absolute Gasteiger partial charge is 0.475 e. The Hall–Kier alpha value is -2.84. The lowest BCUT2D eigenvalue weighted by Gasteiger charge is -2.37. The van der Waals surface area contributed by atoms with Crippen molar-refractivity contribution in [3.8, 4) is 17.2 Å². The minimum atomic E-state index is -1.74. The van der Waals surface area contributed by atoms with Gasteiger partial charge in [-0.15, -0.1) is 0 Å². The number of para-hydroxylation sites is 1. The van der Waals surface area contributed by atoms with Gasteiger partial charge in [-0.25, -0.2) is 4.84 Å². The molecule has 0 saturated carbocycles. The Kier molecular flexibility index (Phi) is 3.16. The standard InChI is InChI=1S/C18H16N2O6/c1-19-9-13-12-4-2-3-5-14(12)25-17(18(13,26-19)20(21)22)11-6-7-15-16(8-11)24-10-23-15/h2-8,13,17H,9-10H2,1H3/t13-,17-,18+/m1/s1. The molecule has 3 heterocycles. The van der Waals surface area contributed by atoms with Crippen LogP contribution in [0.5, 0.6) is 17.2 Å². The summed E-state index contributed by atoms with van der Waals surface area (Å²) >= 11 is 0. The fourth-order valence-electron chi connectivity index (χ4n) is 4.02. The quantitative estimate of drug-likeness (QED) is 0.604. The molecule has 0 aliphatic carbocycles. The molecule has 0 radical (unpaired) electrons. The predicted octanol–water partition coefficient (Wildman–Crippen LogP) is 2.48. The second kappa shape index (κ2) is 5.33. The minimum absolute atomic E-state index is 0.134. The Balaban J connectivity index is 1.69. The molecule has 0 N–H and O–H groups in total. The first-order valence-electron chi connectivity index (χ1n) is 8.29. The van der Waals surface area contributed by atoms with Crippen molar-refractivity contribution in [2.75, 3.05) is 20.4 Å². The van der Waals surface area contributed by atoms with Gasteiger partial charge in [-0.3, -0.25) is 10.1 Å². The van der Waals surface area contributed by atoms with Crippen LogP contribution in [0.2, 0.25) is 0 Å². The van der Waals surface area contributed by atoms with Gasteiger partial charge in [-0.05, 0) is 18.2 Å². The van der Waals surface area contributed by atoms with Crippen molar-refractivity contribution in [3.05, 3.63) is 63.7 Å². The van der Waals surface area contributed by atoms with Gasteiger partial charge in [0.05, 0.1) is 4.92 Å². The number of nitro groups is 1. The van der Waals surface area contributed by atoms with Gasteiger partial charge in [0.25, 0.3) is 0 Å². The smallest absolute Gasteiger partial charge is 0.389 e. The van der Waals surface area contributed by atoms with Crippen molar-refractivity contribution in [1.82, 2.24) is 5.06 Å². The monoisotopic (exact) mass is 356 g/mol. The summed E-state index contributed by atoms with van der Waals surface area (Å²) in [6, 6.07) is 12.6. The molecule has 3 atom stereocenters. The lowest BCUT2D eigenvalue weighted by molar-refractivity contribution is -0.655. The number of rotatable bonds is 2. The van der Waals surface area contributed by atoms with E-state index in [-0.39, 0.29) is 11.7 Å². The molecule has 0 amide bonds. The SMILES string of the molecule is CN1C[C@@H]2c3ccccc3O[C@H](c3ccc4c(c3)OCO4)[C@@]2([N+](=O)[O-])O1. The molecule has 0 aromatic heterocycles. The van der Waals surface area contributed by atoms with Crippen LogP contribution in [-0.2, 0) is 4.84 Å². The molecular formula is C18H16N2O6. The summed E-state index contributed by atoms with van der Waals surface area (Å²) in [6.45, 7) is 0.539. The number of nitrogens with zero attached hydrogens (tertiary/aromatic N) is 2. The highest BCUT2D eigenvalue weighted by Gasteiger charge is 2.68. The van der Waals surface area contributed by atoms with Crippen LogP contribution < -0.4 is 14.2 Å². The van der Waals surface area contributed by atoms with Gasteiger partial charge in [0.15, 0.2) is 11.5 Å². The van der Waals surface area contributed by atoms with E-state index in [0.717, 1.165) is 5.56 Å². The second-order valence-electron chi connectivity index (χ2n) is 6.61. The van der Waals surface area contributed by atoms with E-state index in [4.69, 9.17) is 19.0 Å². The molecule has 0 bridgehead atoms. The first-order valence-corrected chi connectivity index (χ1v) is 8.29. The van der Waals surface area contributed by atoms with Gasteiger partial charge in [-0.1, -0.05) is 24.3 Å². The van der Waals surface area contributed by atoms with Crippen LogP contribution >= 0.6 is 0 Å². The number of benzene rings is 2. The lowest BCUT2D eigenvalue weighted by Crippen LogP contribution is -2.53. The Morgan fingerprint density at radius 3 is 2.81 bits per heavy atom. The zero-order chi connectivity index (χ0) is 17.9. The molecule has 1 fully saturated rings. The molecule has 2 aromatic rings. The van der Waals surface area contributed by atoms with Crippen LogP contribution in [0.25, 0.3) is 0 Å². The second-order valence-corrected chi connectivity index (χ2v) is 6.61. The summed E-state index contributed by atoms with van der Waals surface area (Å²) in [5, 5.41) is 13.8. The van der Waals surface area contributed by atoms with E-state index in [0.29, 0.717) is 29.4 Å². The van der Waals surface area contributed by atoms with Crippen LogP contribution in [0.15, 0.2) is 42.5 Å². The first-order chi connectivity index (χ1) is 12.6. The van der Waals surface area contributed by atoms with Crippen molar-refractivity contribution < 1.29 is 24.0 Å². The maximum Gasteiger partial charge on any atom is 0.389 e. The third kappa shape index (κ3) is 1.96. The highest BCUT2D eigenvalue weighted by atomic mass is 16.8. The number of hydrogen-bond donors (Lipinski definition) is 0. The Morgan fingerprint density at radius 2 is 1.96 bits per heavy atom. The first kappa shape index (κ1) is 15.4. The van der Waals surface area contributed by atoms with E-state index in [1.165, 1.54) is 5.06 Å². The molecule has 0 unspecified atom stereocenters. The Morgan fingerprint density at radius 1 is 1.15 bits per heavy atom. The summed E-state index contributed by atoms with van der Waals surface area (Å²) in [4.78, 5) is 17.7. The van der Waals surface area contributed by atoms with Gasteiger partial charge in [0.1, 0.15) is 11.7 Å².